The van der Waals surface area contributed by atoms with Gasteiger partial charge in [-0.05, 0) is 18.8 Å². The van der Waals surface area contributed by atoms with E-state index in [-0.39, 0.29) is 6.67 Å². The third kappa shape index (κ3) is 1.46. The highest BCUT2D eigenvalue weighted by Gasteiger charge is 2.11. The number of halogens is 1. The smallest absolute Gasteiger partial charge is 0.0922 e. The Morgan fingerprint density at radius 1 is 1.12 bits per heavy atom. The largest absolute Gasteiger partial charge is 0.251 e. The van der Waals surface area contributed by atoms with Crippen LogP contribution in [0.2, 0.25) is 0 Å². The second kappa shape index (κ2) is 3.06. The van der Waals surface area contributed by atoms with Gasteiger partial charge in [-0.1, -0.05) is 19.3 Å². The van der Waals surface area contributed by atoms with Crippen molar-refractivity contribution in [3.8, 4) is 0 Å². The van der Waals surface area contributed by atoms with Crippen molar-refractivity contribution < 1.29 is 4.39 Å². The summed E-state index contributed by atoms with van der Waals surface area (Å²) in [6, 6.07) is 0. The fourth-order valence-corrected chi connectivity index (χ4v) is 1.34. The first-order valence-electron chi connectivity index (χ1n) is 3.49. The molecule has 1 fully saturated rings. The van der Waals surface area contributed by atoms with E-state index in [1.807, 2.05) is 0 Å². The van der Waals surface area contributed by atoms with Crippen molar-refractivity contribution in [2.45, 2.75) is 32.1 Å². The first kappa shape index (κ1) is 6.06. The molecule has 0 N–H and O–H groups in total. The molecule has 0 unspecified atom stereocenters. The van der Waals surface area contributed by atoms with E-state index >= 15 is 0 Å². The minimum atomic E-state index is -0.0833. The zero-order valence-electron chi connectivity index (χ0n) is 5.20. The average Bonchev–Trinajstić information content (AvgIpc) is 1.90. The van der Waals surface area contributed by atoms with Crippen LogP contribution in [-0.4, -0.2) is 6.67 Å². The van der Waals surface area contributed by atoms with Crippen molar-refractivity contribution in [2.75, 3.05) is 6.67 Å². The molecule has 0 radical (unpaired) electrons. The van der Waals surface area contributed by atoms with E-state index in [2.05, 4.69) is 0 Å². The highest BCUT2D eigenvalue weighted by molar-refractivity contribution is 4.63. The van der Waals surface area contributed by atoms with Gasteiger partial charge >= 0.3 is 0 Å². The van der Waals surface area contributed by atoms with Gasteiger partial charge in [0, 0.05) is 0 Å². The lowest BCUT2D eigenvalue weighted by molar-refractivity contribution is 0.281. The van der Waals surface area contributed by atoms with Gasteiger partial charge in [0.25, 0.3) is 0 Å². The molecule has 0 aromatic carbocycles. The van der Waals surface area contributed by atoms with E-state index in [0.29, 0.717) is 5.92 Å². The van der Waals surface area contributed by atoms with E-state index in [4.69, 9.17) is 0 Å². The van der Waals surface area contributed by atoms with E-state index in [0.717, 1.165) is 12.8 Å². The van der Waals surface area contributed by atoms with Crippen LogP contribution >= 0.6 is 0 Å². The molecule has 1 heteroatoms. The Hall–Kier alpha value is -0.0700. The normalized spacial score (nSPS) is 23.6. The Morgan fingerprint density at radius 2 is 1.75 bits per heavy atom. The van der Waals surface area contributed by atoms with Gasteiger partial charge in [0.2, 0.25) is 0 Å². The summed E-state index contributed by atoms with van der Waals surface area (Å²) in [5.41, 5.74) is 0. The summed E-state index contributed by atoms with van der Waals surface area (Å²) in [6.45, 7) is -0.0833. The Morgan fingerprint density at radius 3 is 2.12 bits per heavy atom. The predicted octanol–water partition coefficient (Wildman–Crippen LogP) is 2.54. The van der Waals surface area contributed by atoms with Gasteiger partial charge in [0.15, 0.2) is 0 Å². The minimum Gasteiger partial charge on any atom is -0.251 e. The van der Waals surface area contributed by atoms with Crippen LogP contribution in [0, 0.1) is 5.92 Å². The van der Waals surface area contributed by atoms with Gasteiger partial charge < -0.3 is 0 Å². The second-order valence-electron chi connectivity index (χ2n) is 2.66. The number of alkyl halides is 1. The van der Waals surface area contributed by atoms with Crippen LogP contribution < -0.4 is 0 Å². The lowest BCUT2D eigenvalue weighted by Gasteiger charge is -2.17. The molecule has 0 nitrogen and oxygen atoms in total. The lowest BCUT2D eigenvalue weighted by Crippen LogP contribution is -2.07. The van der Waals surface area contributed by atoms with Crippen LogP contribution in [0.5, 0.6) is 0 Å². The quantitative estimate of drug-likeness (QED) is 0.494. The molecule has 0 amide bonds. The average molecular weight is 116 g/mol. The Kier molecular flexibility index (Phi) is 2.31. The summed E-state index contributed by atoms with van der Waals surface area (Å²) in [7, 11) is 0. The third-order valence-corrected chi connectivity index (χ3v) is 1.94. The predicted molar refractivity (Wildman–Crippen MR) is 32.5 cm³/mol. The summed E-state index contributed by atoms with van der Waals surface area (Å²) in [6.07, 6.45) is 6.12. The van der Waals surface area contributed by atoms with Gasteiger partial charge in [-0.25, -0.2) is 0 Å². The SMILES string of the molecule is FCC1CCCCC1. The van der Waals surface area contributed by atoms with E-state index < -0.39 is 0 Å². The molecule has 0 heterocycles. The summed E-state index contributed by atoms with van der Waals surface area (Å²) in [5, 5.41) is 0. The first-order valence-corrected chi connectivity index (χ1v) is 3.49. The Labute approximate surface area is 50.1 Å². The molecule has 0 aromatic rings. The van der Waals surface area contributed by atoms with Crippen LogP contribution in [0.4, 0.5) is 4.39 Å². The molecule has 1 aliphatic carbocycles. The summed E-state index contributed by atoms with van der Waals surface area (Å²) >= 11 is 0. The molecule has 0 spiro atoms. The van der Waals surface area contributed by atoms with E-state index in [1.54, 1.807) is 0 Å². The van der Waals surface area contributed by atoms with E-state index in [1.165, 1.54) is 19.3 Å². The van der Waals surface area contributed by atoms with Crippen LogP contribution in [0.3, 0.4) is 0 Å². The fraction of sp³-hybridized carbons (Fsp3) is 1.00. The number of hydrogen-bond acceptors (Lipinski definition) is 0. The van der Waals surface area contributed by atoms with Crippen molar-refractivity contribution in [1.29, 1.82) is 0 Å². The molecule has 0 saturated heterocycles. The summed E-state index contributed by atoms with van der Waals surface area (Å²) < 4.78 is 11.9. The molecule has 0 aromatic heterocycles. The van der Waals surface area contributed by atoms with Gasteiger partial charge in [0.05, 0.1) is 6.67 Å². The molecular formula is C7H13F. The van der Waals surface area contributed by atoms with Gasteiger partial charge in [-0.2, -0.15) is 0 Å². The van der Waals surface area contributed by atoms with Crippen molar-refractivity contribution >= 4 is 0 Å². The van der Waals surface area contributed by atoms with Gasteiger partial charge in [-0.3, -0.25) is 4.39 Å². The zero-order valence-corrected chi connectivity index (χ0v) is 5.20. The molecule has 48 valence electrons. The molecule has 0 atom stereocenters. The molecule has 8 heavy (non-hydrogen) atoms. The third-order valence-electron chi connectivity index (χ3n) is 1.94. The molecule has 0 bridgehead atoms. The summed E-state index contributed by atoms with van der Waals surface area (Å²) in [5.74, 6) is 0.420. The topological polar surface area (TPSA) is 0 Å². The van der Waals surface area contributed by atoms with Crippen molar-refractivity contribution in [3.63, 3.8) is 0 Å². The van der Waals surface area contributed by atoms with Crippen LogP contribution in [0.25, 0.3) is 0 Å². The van der Waals surface area contributed by atoms with Gasteiger partial charge in [0.1, 0.15) is 0 Å². The standard InChI is InChI=1S/C7H13F/c8-6-7-4-2-1-3-5-7/h7H,1-6H2. The maximum atomic E-state index is 11.9. The molecular weight excluding hydrogens is 103 g/mol. The van der Waals surface area contributed by atoms with Crippen LogP contribution in [-0.2, 0) is 0 Å². The summed E-state index contributed by atoms with van der Waals surface area (Å²) in [4.78, 5) is 0. The van der Waals surface area contributed by atoms with Crippen molar-refractivity contribution in [1.82, 2.24) is 0 Å². The first-order chi connectivity index (χ1) is 3.93. The Balaban J connectivity index is 2.13. The van der Waals surface area contributed by atoms with Gasteiger partial charge in [-0.15, -0.1) is 0 Å². The fourth-order valence-electron chi connectivity index (χ4n) is 1.34. The maximum Gasteiger partial charge on any atom is 0.0922 e. The molecule has 1 aliphatic rings. The highest BCUT2D eigenvalue weighted by atomic mass is 19.1. The number of rotatable bonds is 1. The monoisotopic (exact) mass is 116 g/mol. The minimum absolute atomic E-state index is 0.0833. The number of hydrogen-bond donors (Lipinski definition) is 0. The van der Waals surface area contributed by atoms with Crippen molar-refractivity contribution in [2.24, 2.45) is 5.92 Å². The van der Waals surface area contributed by atoms with Crippen LogP contribution in [0.15, 0.2) is 0 Å². The zero-order chi connectivity index (χ0) is 5.82. The second-order valence-corrected chi connectivity index (χ2v) is 2.66. The van der Waals surface area contributed by atoms with Crippen LogP contribution in [0.1, 0.15) is 32.1 Å². The van der Waals surface area contributed by atoms with E-state index in [9.17, 15) is 4.39 Å². The molecule has 1 saturated carbocycles. The maximum absolute atomic E-state index is 11.9. The van der Waals surface area contributed by atoms with Crippen molar-refractivity contribution in [3.05, 3.63) is 0 Å². The lowest BCUT2D eigenvalue weighted by atomic mass is 9.90. The highest BCUT2D eigenvalue weighted by Crippen LogP contribution is 2.23. The molecule has 1 rings (SSSR count). The molecule has 0 aliphatic heterocycles. The Bertz CT molecular complexity index is 55.4.